The molecule has 3 aliphatic rings. The van der Waals surface area contributed by atoms with Crippen molar-refractivity contribution < 1.29 is 18.7 Å². The third-order valence-corrected chi connectivity index (χ3v) is 6.65. The van der Waals surface area contributed by atoms with Crippen LogP contribution in [0, 0.1) is 29.4 Å². The fourth-order valence-corrected chi connectivity index (χ4v) is 5.73. The second-order valence-electron chi connectivity index (χ2n) is 7.81. The van der Waals surface area contributed by atoms with E-state index < -0.39 is 17.6 Å². The summed E-state index contributed by atoms with van der Waals surface area (Å²) in [5.74, 6) is -1.04. The predicted octanol–water partition coefficient (Wildman–Crippen LogP) is 4.96. The van der Waals surface area contributed by atoms with Gasteiger partial charge in [0.05, 0.1) is 17.3 Å². The molecule has 134 valence electrons. The van der Waals surface area contributed by atoms with Crippen LogP contribution in [0.15, 0.2) is 36.4 Å². The Morgan fingerprint density at radius 1 is 1.08 bits per heavy atom. The van der Waals surface area contributed by atoms with Gasteiger partial charge in [-0.25, -0.2) is 13.6 Å². The normalized spacial score (nSPS) is 31.2. The van der Waals surface area contributed by atoms with Gasteiger partial charge in [0.25, 0.3) is 0 Å². The molecule has 0 aromatic heterocycles. The summed E-state index contributed by atoms with van der Waals surface area (Å²) in [5.41, 5.74) is 2.65. The monoisotopic (exact) mass is 355 g/mol. The van der Waals surface area contributed by atoms with Crippen molar-refractivity contribution in [3.05, 3.63) is 64.7 Å². The summed E-state index contributed by atoms with van der Waals surface area (Å²) in [6, 6.07) is 9.27. The minimum Gasteiger partial charge on any atom is -0.478 e. The number of hydrogen-bond acceptors (Lipinski definition) is 2. The van der Waals surface area contributed by atoms with E-state index in [9.17, 15) is 18.7 Å². The number of para-hydroxylation sites is 1. The van der Waals surface area contributed by atoms with Crippen molar-refractivity contribution in [2.24, 2.45) is 17.8 Å². The fraction of sp³-hybridized carbons (Fsp3) is 0.381. The highest BCUT2D eigenvalue weighted by Crippen LogP contribution is 2.64. The van der Waals surface area contributed by atoms with E-state index in [1.54, 1.807) is 12.1 Å². The maximum atomic E-state index is 13.9. The Morgan fingerprint density at radius 3 is 2.65 bits per heavy atom. The molecule has 0 saturated heterocycles. The number of fused-ring (bicyclic) bond motifs is 7. The van der Waals surface area contributed by atoms with Crippen LogP contribution in [0.5, 0.6) is 0 Å². The van der Waals surface area contributed by atoms with Crippen molar-refractivity contribution in [1.29, 1.82) is 0 Å². The Hall–Kier alpha value is -2.43. The zero-order chi connectivity index (χ0) is 18.0. The molecule has 26 heavy (non-hydrogen) atoms. The van der Waals surface area contributed by atoms with Crippen molar-refractivity contribution in [3.8, 4) is 0 Å². The number of carbonyl (C=O) groups is 1. The minimum atomic E-state index is -0.972. The topological polar surface area (TPSA) is 49.3 Å². The van der Waals surface area contributed by atoms with Gasteiger partial charge in [0, 0.05) is 0 Å². The van der Waals surface area contributed by atoms with E-state index in [1.807, 2.05) is 12.1 Å². The van der Waals surface area contributed by atoms with Crippen molar-refractivity contribution in [1.82, 2.24) is 0 Å². The molecule has 2 fully saturated rings. The van der Waals surface area contributed by atoms with E-state index in [4.69, 9.17) is 0 Å². The third kappa shape index (κ3) is 2.12. The molecule has 2 aromatic rings. The Bertz CT molecular complexity index is 913. The first-order chi connectivity index (χ1) is 12.5. The van der Waals surface area contributed by atoms with Gasteiger partial charge in [-0.3, -0.25) is 0 Å². The molecule has 2 aromatic carbocycles. The summed E-state index contributed by atoms with van der Waals surface area (Å²) in [7, 11) is 0. The lowest BCUT2D eigenvalue weighted by Gasteiger charge is -2.44. The fourth-order valence-electron chi connectivity index (χ4n) is 5.73. The molecule has 1 aliphatic heterocycles. The van der Waals surface area contributed by atoms with E-state index in [-0.39, 0.29) is 23.4 Å². The Labute approximate surface area is 150 Å². The van der Waals surface area contributed by atoms with Gasteiger partial charge < -0.3 is 10.4 Å². The maximum Gasteiger partial charge on any atom is 0.337 e. The van der Waals surface area contributed by atoms with Crippen LogP contribution in [0.2, 0.25) is 0 Å². The van der Waals surface area contributed by atoms with Gasteiger partial charge in [0.1, 0.15) is 0 Å². The SMILES string of the molecule is O=C(O)c1cccc2c1N[C@@H](c1ccc(F)c(F)c1)[C@@H]1[C@@H]3CC[C@H](C3)[C@H]21. The summed E-state index contributed by atoms with van der Waals surface area (Å²) < 4.78 is 27.3. The minimum absolute atomic E-state index is 0.196. The average molecular weight is 355 g/mol. The van der Waals surface area contributed by atoms with E-state index in [0.717, 1.165) is 30.9 Å². The summed E-state index contributed by atoms with van der Waals surface area (Å²) in [5, 5.41) is 13.0. The molecule has 0 radical (unpaired) electrons. The maximum absolute atomic E-state index is 13.9. The average Bonchev–Trinajstić information content (AvgIpc) is 3.25. The number of benzene rings is 2. The lowest BCUT2D eigenvalue weighted by Crippen LogP contribution is -2.36. The summed E-state index contributed by atoms with van der Waals surface area (Å²) >= 11 is 0. The largest absolute Gasteiger partial charge is 0.478 e. The van der Waals surface area contributed by atoms with Crippen LogP contribution < -0.4 is 5.32 Å². The van der Waals surface area contributed by atoms with Gasteiger partial charge in [-0.15, -0.1) is 0 Å². The lowest BCUT2D eigenvalue weighted by atomic mass is 9.67. The third-order valence-electron chi connectivity index (χ3n) is 6.65. The van der Waals surface area contributed by atoms with Crippen molar-refractivity contribution in [2.45, 2.75) is 31.2 Å². The molecular formula is C21H19F2NO2. The Balaban J connectivity index is 1.67. The van der Waals surface area contributed by atoms with Gasteiger partial charge in [-0.1, -0.05) is 18.2 Å². The Kier molecular flexibility index (Phi) is 3.36. The quantitative estimate of drug-likeness (QED) is 0.800. The number of aromatic carboxylic acids is 1. The molecule has 2 bridgehead atoms. The zero-order valence-corrected chi connectivity index (χ0v) is 14.1. The molecule has 5 rings (SSSR count). The lowest BCUT2D eigenvalue weighted by molar-refractivity contribution is 0.0697. The van der Waals surface area contributed by atoms with Crippen molar-refractivity contribution >= 4 is 11.7 Å². The predicted molar refractivity (Wildman–Crippen MR) is 93.2 cm³/mol. The number of carboxylic acid groups (broad SMARTS) is 1. The van der Waals surface area contributed by atoms with Crippen LogP contribution in [-0.2, 0) is 0 Å². The first-order valence-electron chi connectivity index (χ1n) is 9.12. The summed E-state index contributed by atoms with van der Waals surface area (Å²) in [4.78, 5) is 11.7. The molecule has 5 heteroatoms. The highest BCUT2D eigenvalue weighted by atomic mass is 19.2. The summed E-state index contributed by atoms with van der Waals surface area (Å²) in [6.07, 6.45) is 3.45. The standard InChI is InChI=1S/C21H19F2NO2/c22-15-7-6-12(9-16(15)23)19-18-11-5-4-10(8-11)17(18)13-2-1-3-14(21(25)26)20(13)24-19/h1-3,6-7,9-11,17-19,24H,4-5,8H2,(H,25,26)/t10-,11-,17-,18-,19+/m1/s1. The molecule has 3 nitrogen and oxygen atoms in total. The molecule has 0 amide bonds. The number of halogens is 2. The highest BCUT2D eigenvalue weighted by Gasteiger charge is 2.54. The van der Waals surface area contributed by atoms with Crippen LogP contribution in [0.3, 0.4) is 0 Å². The van der Waals surface area contributed by atoms with Crippen LogP contribution in [0.25, 0.3) is 0 Å². The van der Waals surface area contributed by atoms with Crippen LogP contribution in [-0.4, -0.2) is 11.1 Å². The smallest absolute Gasteiger partial charge is 0.337 e. The van der Waals surface area contributed by atoms with Crippen molar-refractivity contribution in [3.63, 3.8) is 0 Å². The zero-order valence-electron chi connectivity index (χ0n) is 14.1. The molecule has 2 N–H and O–H groups in total. The number of anilines is 1. The molecular weight excluding hydrogens is 336 g/mol. The number of carboxylic acids is 1. The van der Waals surface area contributed by atoms with Crippen LogP contribution in [0.4, 0.5) is 14.5 Å². The number of rotatable bonds is 2. The van der Waals surface area contributed by atoms with Gasteiger partial charge in [-0.2, -0.15) is 0 Å². The molecule has 5 atom stereocenters. The number of nitrogens with one attached hydrogen (secondary N) is 1. The molecule has 2 saturated carbocycles. The first-order valence-corrected chi connectivity index (χ1v) is 9.12. The second kappa shape index (κ2) is 5.53. The second-order valence-corrected chi connectivity index (χ2v) is 7.81. The van der Waals surface area contributed by atoms with Gasteiger partial charge >= 0.3 is 5.97 Å². The molecule has 2 aliphatic carbocycles. The van der Waals surface area contributed by atoms with Crippen molar-refractivity contribution in [2.75, 3.05) is 5.32 Å². The van der Waals surface area contributed by atoms with E-state index in [2.05, 4.69) is 5.32 Å². The number of hydrogen-bond donors (Lipinski definition) is 2. The molecule has 1 heterocycles. The van der Waals surface area contributed by atoms with E-state index >= 15 is 0 Å². The highest BCUT2D eigenvalue weighted by molar-refractivity contribution is 5.95. The van der Waals surface area contributed by atoms with Crippen LogP contribution in [0.1, 0.15) is 52.7 Å². The molecule has 0 unspecified atom stereocenters. The van der Waals surface area contributed by atoms with Gasteiger partial charge in [-0.05, 0) is 72.3 Å². The Morgan fingerprint density at radius 2 is 1.88 bits per heavy atom. The van der Waals surface area contributed by atoms with Gasteiger partial charge in [0.15, 0.2) is 11.6 Å². The van der Waals surface area contributed by atoms with E-state index in [1.165, 1.54) is 6.07 Å². The van der Waals surface area contributed by atoms with Gasteiger partial charge in [0.2, 0.25) is 0 Å². The first kappa shape index (κ1) is 15.8. The summed E-state index contributed by atoms with van der Waals surface area (Å²) in [6.45, 7) is 0. The van der Waals surface area contributed by atoms with Crippen LogP contribution >= 0.6 is 0 Å². The van der Waals surface area contributed by atoms with E-state index in [0.29, 0.717) is 23.1 Å². The molecule has 0 spiro atoms.